The average molecular weight is 492 g/mol. The molecule has 0 unspecified atom stereocenters. The SMILES string of the molecule is C=NC(=NC(=NCc1ccccc1)c1ccccc1)n1c2ccccc2c2ccnc(-c3ccccc3)c21. The number of benzene rings is 4. The molecule has 5 heteroatoms. The highest BCUT2D eigenvalue weighted by Gasteiger charge is 2.19. The van der Waals surface area contributed by atoms with Gasteiger partial charge in [0.1, 0.15) is 0 Å². The second-order valence-electron chi connectivity index (χ2n) is 8.84. The highest BCUT2D eigenvalue weighted by Crippen LogP contribution is 2.34. The van der Waals surface area contributed by atoms with Crippen molar-refractivity contribution in [2.45, 2.75) is 6.54 Å². The Labute approximate surface area is 221 Å². The summed E-state index contributed by atoms with van der Waals surface area (Å²) < 4.78 is 2.05. The third-order valence-corrected chi connectivity index (χ3v) is 6.46. The van der Waals surface area contributed by atoms with Gasteiger partial charge >= 0.3 is 0 Å². The quantitative estimate of drug-likeness (QED) is 0.187. The molecule has 0 saturated heterocycles. The summed E-state index contributed by atoms with van der Waals surface area (Å²) in [5.74, 6) is 1.03. The lowest BCUT2D eigenvalue weighted by atomic mass is 10.1. The van der Waals surface area contributed by atoms with Crippen LogP contribution in [-0.4, -0.2) is 28.1 Å². The van der Waals surface area contributed by atoms with Gasteiger partial charge in [0.2, 0.25) is 5.96 Å². The first-order chi connectivity index (χ1) is 18.8. The van der Waals surface area contributed by atoms with E-state index in [1.54, 1.807) is 0 Å². The van der Waals surface area contributed by atoms with Gasteiger partial charge in [-0.3, -0.25) is 14.5 Å². The fraction of sp³-hybridized carbons (Fsp3) is 0.0303. The van der Waals surface area contributed by atoms with Crippen LogP contribution < -0.4 is 0 Å². The van der Waals surface area contributed by atoms with Gasteiger partial charge < -0.3 is 0 Å². The molecule has 38 heavy (non-hydrogen) atoms. The van der Waals surface area contributed by atoms with Gasteiger partial charge in [-0.25, -0.2) is 4.99 Å². The van der Waals surface area contributed by atoms with Crippen LogP contribution in [0.15, 0.2) is 143 Å². The van der Waals surface area contributed by atoms with Crippen molar-refractivity contribution in [1.29, 1.82) is 0 Å². The Balaban J connectivity index is 1.61. The Morgan fingerprint density at radius 2 is 1.37 bits per heavy atom. The van der Waals surface area contributed by atoms with Gasteiger partial charge in [-0.05, 0) is 24.4 Å². The van der Waals surface area contributed by atoms with Crippen molar-refractivity contribution in [3.05, 3.63) is 139 Å². The van der Waals surface area contributed by atoms with Crippen molar-refractivity contribution >= 4 is 40.3 Å². The Morgan fingerprint density at radius 3 is 2.11 bits per heavy atom. The van der Waals surface area contributed by atoms with Crippen molar-refractivity contribution in [2.24, 2.45) is 15.0 Å². The smallest absolute Gasteiger partial charge is 0.236 e. The normalized spacial score (nSPS) is 12.2. The molecule has 0 fully saturated rings. The third kappa shape index (κ3) is 4.42. The number of pyridine rings is 1. The second-order valence-corrected chi connectivity index (χ2v) is 8.84. The van der Waals surface area contributed by atoms with E-state index in [0.29, 0.717) is 18.3 Å². The van der Waals surface area contributed by atoms with Crippen molar-refractivity contribution in [3.8, 4) is 11.3 Å². The fourth-order valence-electron chi connectivity index (χ4n) is 4.71. The van der Waals surface area contributed by atoms with Crippen LogP contribution in [-0.2, 0) is 6.54 Å². The summed E-state index contributed by atoms with van der Waals surface area (Å²) in [6.07, 6.45) is 1.86. The lowest BCUT2D eigenvalue weighted by Gasteiger charge is -2.11. The zero-order valence-corrected chi connectivity index (χ0v) is 20.8. The summed E-state index contributed by atoms with van der Waals surface area (Å²) in [6, 6.07) is 40.6. The van der Waals surface area contributed by atoms with Crippen LogP contribution in [0, 0.1) is 0 Å². The number of para-hydroxylation sites is 1. The molecule has 2 aromatic heterocycles. The number of hydrogen-bond donors (Lipinski definition) is 0. The van der Waals surface area contributed by atoms with Crippen LogP contribution >= 0.6 is 0 Å². The van der Waals surface area contributed by atoms with Crippen molar-refractivity contribution in [3.63, 3.8) is 0 Å². The first-order valence-electron chi connectivity index (χ1n) is 12.5. The molecule has 0 radical (unpaired) electrons. The maximum atomic E-state index is 5.03. The largest absolute Gasteiger partial charge is 0.276 e. The van der Waals surface area contributed by atoms with Gasteiger partial charge in [-0.2, -0.15) is 4.99 Å². The van der Waals surface area contributed by atoms with E-state index in [1.165, 1.54) is 0 Å². The van der Waals surface area contributed by atoms with E-state index in [-0.39, 0.29) is 0 Å². The molecular formula is C33H25N5. The van der Waals surface area contributed by atoms with E-state index in [0.717, 1.165) is 44.2 Å². The Bertz CT molecular complexity index is 1780. The van der Waals surface area contributed by atoms with E-state index in [2.05, 4.69) is 48.1 Å². The molecule has 0 bridgehead atoms. The monoisotopic (exact) mass is 491 g/mol. The summed E-state index contributed by atoms with van der Waals surface area (Å²) >= 11 is 0. The lowest BCUT2D eigenvalue weighted by molar-refractivity contribution is 1.06. The van der Waals surface area contributed by atoms with Crippen LogP contribution in [0.3, 0.4) is 0 Å². The molecule has 0 spiro atoms. The van der Waals surface area contributed by atoms with Gasteiger partial charge in [0, 0.05) is 28.1 Å². The second kappa shape index (κ2) is 10.4. The van der Waals surface area contributed by atoms with E-state index in [4.69, 9.17) is 15.0 Å². The van der Waals surface area contributed by atoms with Gasteiger partial charge in [0.15, 0.2) is 5.84 Å². The summed E-state index contributed by atoms with van der Waals surface area (Å²) in [5.41, 5.74) is 5.81. The van der Waals surface area contributed by atoms with Crippen LogP contribution in [0.1, 0.15) is 11.1 Å². The molecule has 0 aliphatic carbocycles. The number of aromatic nitrogens is 2. The number of amidine groups is 1. The zero-order chi connectivity index (χ0) is 25.7. The third-order valence-electron chi connectivity index (χ3n) is 6.46. The highest BCUT2D eigenvalue weighted by atomic mass is 15.2. The fourth-order valence-corrected chi connectivity index (χ4v) is 4.71. The summed E-state index contributed by atoms with van der Waals surface area (Å²) in [6.45, 7) is 4.42. The minimum Gasteiger partial charge on any atom is -0.276 e. The molecule has 182 valence electrons. The predicted octanol–water partition coefficient (Wildman–Crippen LogP) is 7.41. The number of rotatable bonds is 4. The van der Waals surface area contributed by atoms with Crippen LogP contribution in [0.5, 0.6) is 0 Å². The zero-order valence-electron chi connectivity index (χ0n) is 20.8. The molecule has 4 aromatic carbocycles. The Hall–Kier alpha value is -5.16. The number of nitrogens with zero attached hydrogens (tertiary/aromatic N) is 5. The maximum Gasteiger partial charge on any atom is 0.236 e. The van der Waals surface area contributed by atoms with Crippen LogP contribution in [0.25, 0.3) is 33.1 Å². The summed E-state index contributed by atoms with van der Waals surface area (Å²) in [7, 11) is 0. The molecule has 6 rings (SSSR count). The van der Waals surface area contributed by atoms with E-state index < -0.39 is 0 Å². The first-order valence-corrected chi connectivity index (χ1v) is 12.5. The molecule has 5 nitrogen and oxygen atoms in total. The molecular weight excluding hydrogens is 466 g/mol. The first kappa shape index (κ1) is 23.3. The predicted molar refractivity (Wildman–Crippen MR) is 158 cm³/mol. The van der Waals surface area contributed by atoms with Gasteiger partial charge in [0.05, 0.1) is 23.3 Å². The van der Waals surface area contributed by atoms with E-state index in [9.17, 15) is 0 Å². The number of fused-ring (bicyclic) bond motifs is 3. The molecule has 0 amide bonds. The summed E-state index contributed by atoms with van der Waals surface area (Å²) in [4.78, 5) is 19.2. The maximum absolute atomic E-state index is 5.03. The molecule has 0 aliphatic heterocycles. The van der Waals surface area contributed by atoms with Crippen molar-refractivity contribution < 1.29 is 0 Å². The average Bonchev–Trinajstić information content (AvgIpc) is 3.33. The van der Waals surface area contributed by atoms with Gasteiger partial charge in [0.25, 0.3) is 0 Å². The van der Waals surface area contributed by atoms with Crippen molar-refractivity contribution in [2.75, 3.05) is 0 Å². The molecule has 0 saturated carbocycles. The molecule has 6 aromatic rings. The van der Waals surface area contributed by atoms with Crippen molar-refractivity contribution in [1.82, 2.24) is 9.55 Å². The standard InChI is InChI=1S/C33H25N5/c1-34-33(37-32(26-17-9-4-10-18-26)36-23-24-13-5-2-6-14-24)38-29-20-12-11-19-27(29)28-21-22-35-30(31(28)38)25-15-7-3-8-16-25/h2-22H,1,23H2. The van der Waals surface area contributed by atoms with E-state index in [1.807, 2.05) is 95.7 Å². The van der Waals surface area contributed by atoms with Crippen LogP contribution in [0.2, 0.25) is 0 Å². The van der Waals surface area contributed by atoms with Crippen LogP contribution in [0.4, 0.5) is 0 Å². The number of aliphatic imine (C=N–C) groups is 3. The molecule has 0 aliphatic rings. The lowest BCUT2D eigenvalue weighted by Crippen LogP contribution is -2.13. The summed E-state index contributed by atoms with van der Waals surface area (Å²) in [5, 5.41) is 2.18. The topological polar surface area (TPSA) is 54.9 Å². The Kier molecular flexibility index (Phi) is 6.39. The molecule has 2 heterocycles. The number of hydrogen-bond acceptors (Lipinski definition) is 2. The van der Waals surface area contributed by atoms with Gasteiger partial charge in [-0.1, -0.05) is 109 Å². The minimum atomic E-state index is 0.442. The minimum absolute atomic E-state index is 0.442. The molecule has 0 atom stereocenters. The van der Waals surface area contributed by atoms with Gasteiger partial charge in [-0.15, -0.1) is 0 Å². The highest BCUT2D eigenvalue weighted by molar-refractivity contribution is 6.19. The molecule has 0 N–H and O–H groups in total. The Morgan fingerprint density at radius 1 is 0.711 bits per heavy atom. The van der Waals surface area contributed by atoms with E-state index >= 15 is 0 Å².